The molecule has 8 heteroatoms. The van der Waals surface area contributed by atoms with E-state index in [-0.39, 0.29) is 18.0 Å². The van der Waals surface area contributed by atoms with Crippen LogP contribution in [0.5, 0.6) is 0 Å². The molecule has 3 rings (SSSR count). The predicted octanol–water partition coefficient (Wildman–Crippen LogP) is 1.78. The summed E-state index contributed by atoms with van der Waals surface area (Å²) in [5.74, 6) is 0.617. The summed E-state index contributed by atoms with van der Waals surface area (Å²) in [6.45, 7) is 12.7. The Morgan fingerprint density at radius 3 is 2.52 bits per heavy atom. The van der Waals surface area contributed by atoms with Crippen molar-refractivity contribution in [2.24, 2.45) is 0 Å². The molecule has 2 aromatic heterocycles. The Morgan fingerprint density at radius 2 is 1.89 bits per heavy atom. The number of fused-ring (bicyclic) bond motifs is 1. The predicted molar refractivity (Wildman–Crippen MR) is 107 cm³/mol. The Hall–Kier alpha value is -1.77. The lowest BCUT2D eigenvalue weighted by atomic mass is 10.2. The van der Waals surface area contributed by atoms with E-state index >= 15 is 0 Å². The first-order valence-electron chi connectivity index (χ1n) is 9.53. The molecule has 3 heterocycles. The minimum Gasteiger partial charge on any atom is -0.378 e. The molecule has 0 N–H and O–H groups in total. The van der Waals surface area contributed by atoms with Crippen molar-refractivity contribution in [2.45, 2.75) is 40.8 Å². The van der Waals surface area contributed by atoms with E-state index in [2.05, 4.69) is 18.7 Å². The van der Waals surface area contributed by atoms with Crippen LogP contribution in [0.25, 0.3) is 10.2 Å². The van der Waals surface area contributed by atoms with Gasteiger partial charge < -0.3 is 9.64 Å². The standard InChI is InChI=1S/C19H28N4O3S/c1-5-21(6-2)11-15-20-18-17(13(3)14(4)27-18)19(25)23(15)12-16(24)22-7-9-26-10-8-22/h5-12H2,1-4H3. The van der Waals surface area contributed by atoms with E-state index in [1.165, 1.54) is 0 Å². The molecule has 0 atom stereocenters. The summed E-state index contributed by atoms with van der Waals surface area (Å²) in [6.07, 6.45) is 0. The molecule has 0 radical (unpaired) electrons. The van der Waals surface area contributed by atoms with Gasteiger partial charge in [-0.05, 0) is 32.5 Å². The number of aromatic nitrogens is 2. The van der Waals surface area contributed by atoms with E-state index in [9.17, 15) is 9.59 Å². The van der Waals surface area contributed by atoms with Crippen molar-refractivity contribution >= 4 is 27.5 Å². The van der Waals surface area contributed by atoms with Gasteiger partial charge in [0.25, 0.3) is 5.56 Å². The largest absolute Gasteiger partial charge is 0.378 e. The number of thiophene rings is 1. The molecule has 1 saturated heterocycles. The lowest BCUT2D eigenvalue weighted by Gasteiger charge is -2.27. The quantitative estimate of drug-likeness (QED) is 0.750. The van der Waals surface area contributed by atoms with E-state index in [1.54, 1.807) is 20.8 Å². The summed E-state index contributed by atoms with van der Waals surface area (Å²) < 4.78 is 6.91. The van der Waals surface area contributed by atoms with Gasteiger partial charge >= 0.3 is 0 Å². The molecule has 1 fully saturated rings. The fourth-order valence-electron chi connectivity index (χ4n) is 3.35. The highest BCUT2D eigenvalue weighted by Crippen LogP contribution is 2.26. The molecule has 1 aliphatic heterocycles. The zero-order valence-electron chi connectivity index (χ0n) is 16.6. The molecule has 0 saturated carbocycles. The minimum atomic E-state index is -0.106. The molecule has 0 aliphatic carbocycles. The zero-order valence-corrected chi connectivity index (χ0v) is 17.4. The lowest BCUT2D eigenvalue weighted by molar-refractivity contribution is -0.136. The monoisotopic (exact) mass is 392 g/mol. The van der Waals surface area contributed by atoms with Crippen LogP contribution in [0.1, 0.15) is 30.1 Å². The third kappa shape index (κ3) is 4.07. The number of aryl methyl sites for hydroxylation is 2. The van der Waals surface area contributed by atoms with Crippen LogP contribution in [0.15, 0.2) is 4.79 Å². The highest BCUT2D eigenvalue weighted by molar-refractivity contribution is 7.18. The first-order chi connectivity index (χ1) is 13.0. The number of hydrogen-bond acceptors (Lipinski definition) is 6. The molecule has 0 spiro atoms. The maximum Gasteiger partial charge on any atom is 0.263 e. The molecule has 0 bridgehead atoms. The first kappa shape index (κ1) is 20.0. The third-order valence-corrected chi connectivity index (χ3v) is 6.39. The van der Waals surface area contributed by atoms with Crippen LogP contribution in [0, 0.1) is 13.8 Å². The summed E-state index contributed by atoms with van der Waals surface area (Å²) in [7, 11) is 0. The van der Waals surface area contributed by atoms with E-state index < -0.39 is 0 Å². The Labute approximate surface area is 163 Å². The summed E-state index contributed by atoms with van der Waals surface area (Å²) in [5, 5.41) is 0.649. The second-order valence-electron chi connectivity index (χ2n) is 6.84. The molecular formula is C19H28N4O3S. The highest BCUT2D eigenvalue weighted by Gasteiger charge is 2.22. The van der Waals surface area contributed by atoms with Crippen LogP contribution in [0.4, 0.5) is 0 Å². The number of carbonyl (C=O) groups excluding carboxylic acids is 1. The average molecular weight is 393 g/mol. The number of nitrogens with zero attached hydrogens (tertiary/aromatic N) is 4. The number of rotatable bonds is 6. The van der Waals surface area contributed by atoms with Crippen molar-refractivity contribution in [1.82, 2.24) is 19.4 Å². The molecule has 2 aromatic rings. The second kappa shape index (κ2) is 8.50. The van der Waals surface area contributed by atoms with Crippen molar-refractivity contribution in [3.8, 4) is 0 Å². The number of hydrogen-bond donors (Lipinski definition) is 0. The van der Waals surface area contributed by atoms with Crippen LogP contribution >= 0.6 is 11.3 Å². The van der Waals surface area contributed by atoms with Crippen molar-refractivity contribution in [3.05, 3.63) is 26.6 Å². The van der Waals surface area contributed by atoms with Gasteiger partial charge in [-0.3, -0.25) is 19.1 Å². The SMILES string of the molecule is CCN(CC)Cc1nc2sc(C)c(C)c2c(=O)n1CC(=O)N1CCOCC1. The molecule has 0 unspecified atom stereocenters. The Bertz CT molecular complexity index is 879. The van der Waals surface area contributed by atoms with Gasteiger partial charge in [-0.25, -0.2) is 4.98 Å². The van der Waals surface area contributed by atoms with E-state index in [0.717, 1.165) is 28.4 Å². The van der Waals surface area contributed by atoms with Crippen LogP contribution < -0.4 is 5.56 Å². The van der Waals surface area contributed by atoms with E-state index in [1.807, 2.05) is 13.8 Å². The topological polar surface area (TPSA) is 67.7 Å². The normalized spacial score (nSPS) is 15.1. The minimum absolute atomic E-state index is 0.0344. The maximum atomic E-state index is 13.3. The molecule has 1 aliphatic rings. The van der Waals surface area contributed by atoms with Crippen LogP contribution in [0.2, 0.25) is 0 Å². The van der Waals surface area contributed by atoms with Gasteiger partial charge in [-0.1, -0.05) is 13.8 Å². The Kier molecular flexibility index (Phi) is 6.29. The van der Waals surface area contributed by atoms with Crippen molar-refractivity contribution < 1.29 is 9.53 Å². The summed E-state index contributed by atoms with van der Waals surface area (Å²) in [5.41, 5.74) is 0.861. The zero-order chi connectivity index (χ0) is 19.6. The van der Waals surface area contributed by atoms with Gasteiger partial charge in [0.15, 0.2) is 0 Å². The van der Waals surface area contributed by atoms with Gasteiger partial charge in [0.2, 0.25) is 5.91 Å². The van der Waals surface area contributed by atoms with Crippen LogP contribution in [-0.2, 0) is 22.6 Å². The molecular weight excluding hydrogens is 364 g/mol. The van der Waals surface area contributed by atoms with Crippen molar-refractivity contribution in [2.75, 3.05) is 39.4 Å². The fraction of sp³-hybridized carbons (Fsp3) is 0.632. The number of carbonyl (C=O) groups is 1. The third-order valence-electron chi connectivity index (χ3n) is 5.28. The van der Waals surface area contributed by atoms with Gasteiger partial charge in [0, 0.05) is 18.0 Å². The van der Waals surface area contributed by atoms with Crippen LogP contribution in [-0.4, -0.2) is 64.7 Å². The smallest absolute Gasteiger partial charge is 0.263 e. The fourth-order valence-corrected chi connectivity index (χ4v) is 4.39. The lowest BCUT2D eigenvalue weighted by Crippen LogP contribution is -2.44. The molecule has 0 aromatic carbocycles. The highest BCUT2D eigenvalue weighted by atomic mass is 32.1. The second-order valence-corrected chi connectivity index (χ2v) is 8.04. The number of morpholine rings is 1. The van der Waals surface area contributed by atoms with E-state index in [0.29, 0.717) is 44.1 Å². The number of ether oxygens (including phenoxy) is 1. The Morgan fingerprint density at radius 1 is 1.22 bits per heavy atom. The van der Waals surface area contributed by atoms with Gasteiger partial charge in [0.05, 0.1) is 25.1 Å². The molecule has 148 valence electrons. The molecule has 1 amide bonds. The van der Waals surface area contributed by atoms with Gasteiger partial charge in [-0.15, -0.1) is 11.3 Å². The van der Waals surface area contributed by atoms with E-state index in [4.69, 9.17) is 9.72 Å². The summed E-state index contributed by atoms with van der Waals surface area (Å²) >= 11 is 1.55. The first-order valence-corrected chi connectivity index (χ1v) is 10.3. The van der Waals surface area contributed by atoms with Gasteiger partial charge in [0.1, 0.15) is 17.2 Å². The van der Waals surface area contributed by atoms with Crippen LogP contribution in [0.3, 0.4) is 0 Å². The molecule has 7 nitrogen and oxygen atoms in total. The Balaban J connectivity index is 2.03. The maximum absolute atomic E-state index is 13.3. The average Bonchev–Trinajstić information content (AvgIpc) is 2.97. The van der Waals surface area contributed by atoms with Crippen molar-refractivity contribution in [3.63, 3.8) is 0 Å². The number of amides is 1. The summed E-state index contributed by atoms with van der Waals surface area (Å²) in [4.78, 5) is 36.7. The van der Waals surface area contributed by atoms with Crippen molar-refractivity contribution in [1.29, 1.82) is 0 Å². The van der Waals surface area contributed by atoms with Gasteiger partial charge in [-0.2, -0.15) is 0 Å². The molecule has 27 heavy (non-hydrogen) atoms. The summed E-state index contributed by atoms with van der Waals surface area (Å²) in [6, 6.07) is 0.